The lowest BCUT2D eigenvalue weighted by atomic mass is 9.97. The predicted octanol–water partition coefficient (Wildman–Crippen LogP) is 1.76. The highest BCUT2D eigenvalue weighted by Crippen LogP contribution is 2.25. The summed E-state index contributed by atoms with van der Waals surface area (Å²) in [6.45, 7) is 5.99. The number of aromatic hydroxyl groups is 1. The van der Waals surface area contributed by atoms with Crippen LogP contribution in [0.4, 0.5) is 0 Å². The SMILES string of the molecule is CN(CC(C)(C)C)S(=O)(=O)c1ccc(O)c(C(=O)O)c1. The molecule has 0 heterocycles. The third-order valence-electron chi connectivity index (χ3n) is 2.60. The molecule has 0 bridgehead atoms. The van der Waals surface area contributed by atoms with E-state index in [9.17, 15) is 18.3 Å². The number of carboxylic acids is 1. The van der Waals surface area contributed by atoms with Crippen molar-refractivity contribution in [3.8, 4) is 5.75 Å². The smallest absolute Gasteiger partial charge is 0.339 e. The van der Waals surface area contributed by atoms with Gasteiger partial charge in [-0.05, 0) is 23.6 Å². The van der Waals surface area contributed by atoms with Gasteiger partial charge in [-0.2, -0.15) is 0 Å². The zero-order chi connectivity index (χ0) is 15.7. The highest BCUT2D eigenvalue weighted by Gasteiger charge is 2.26. The second-order valence-corrected chi connectivity index (χ2v) is 7.85. The van der Waals surface area contributed by atoms with E-state index < -0.39 is 27.3 Å². The molecule has 0 aliphatic carbocycles. The second-order valence-electron chi connectivity index (χ2n) is 5.81. The van der Waals surface area contributed by atoms with Gasteiger partial charge in [0.1, 0.15) is 11.3 Å². The van der Waals surface area contributed by atoms with Gasteiger partial charge >= 0.3 is 5.97 Å². The Labute approximate surface area is 118 Å². The molecule has 7 heteroatoms. The maximum absolute atomic E-state index is 12.3. The summed E-state index contributed by atoms with van der Waals surface area (Å²) < 4.78 is 25.9. The van der Waals surface area contributed by atoms with Gasteiger partial charge in [-0.1, -0.05) is 20.8 Å². The molecular weight excluding hydrogens is 282 g/mol. The number of hydrogen-bond donors (Lipinski definition) is 2. The summed E-state index contributed by atoms with van der Waals surface area (Å²) in [6, 6.07) is 3.23. The van der Waals surface area contributed by atoms with Crippen LogP contribution in [0.1, 0.15) is 31.1 Å². The Morgan fingerprint density at radius 3 is 2.30 bits per heavy atom. The molecule has 1 aromatic rings. The predicted molar refractivity (Wildman–Crippen MR) is 74.3 cm³/mol. The molecule has 0 unspecified atom stereocenters. The van der Waals surface area contributed by atoms with Crippen molar-refractivity contribution in [1.29, 1.82) is 0 Å². The fraction of sp³-hybridized carbons (Fsp3) is 0.462. The van der Waals surface area contributed by atoms with Crippen molar-refractivity contribution in [3.05, 3.63) is 23.8 Å². The van der Waals surface area contributed by atoms with E-state index in [2.05, 4.69) is 0 Å². The maximum Gasteiger partial charge on any atom is 0.339 e. The first-order valence-corrected chi connectivity index (χ1v) is 7.42. The van der Waals surface area contributed by atoms with Gasteiger partial charge in [-0.25, -0.2) is 17.5 Å². The minimum Gasteiger partial charge on any atom is -0.507 e. The molecule has 20 heavy (non-hydrogen) atoms. The zero-order valence-corrected chi connectivity index (χ0v) is 12.7. The third-order valence-corrected chi connectivity index (χ3v) is 4.40. The number of phenols is 1. The fourth-order valence-corrected chi connectivity index (χ4v) is 3.20. The van der Waals surface area contributed by atoms with Crippen LogP contribution in [-0.4, -0.2) is 42.5 Å². The van der Waals surface area contributed by atoms with E-state index in [1.165, 1.54) is 17.4 Å². The number of carbonyl (C=O) groups is 1. The minimum atomic E-state index is -3.79. The lowest BCUT2D eigenvalue weighted by Crippen LogP contribution is -2.34. The van der Waals surface area contributed by atoms with Crippen molar-refractivity contribution in [1.82, 2.24) is 4.31 Å². The molecule has 0 spiro atoms. The molecule has 0 radical (unpaired) electrons. The molecule has 1 rings (SSSR count). The van der Waals surface area contributed by atoms with Crippen LogP contribution in [0.15, 0.2) is 23.1 Å². The molecule has 0 saturated carbocycles. The summed E-state index contributed by atoms with van der Waals surface area (Å²) in [6.07, 6.45) is 0. The Hall–Kier alpha value is -1.60. The first-order chi connectivity index (χ1) is 8.95. The van der Waals surface area contributed by atoms with E-state index in [0.29, 0.717) is 6.54 Å². The van der Waals surface area contributed by atoms with Gasteiger partial charge < -0.3 is 10.2 Å². The molecule has 0 saturated heterocycles. The quantitative estimate of drug-likeness (QED) is 0.883. The number of sulfonamides is 1. The molecule has 0 amide bonds. The topological polar surface area (TPSA) is 94.9 Å². The minimum absolute atomic E-state index is 0.153. The van der Waals surface area contributed by atoms with Crippen molar-refractivity contribution in [2.24, 2.45) is 5.41 Å². The summed E-state index contributed by atoms with van der Waals surface area (Å²) in [5.41, 5.74) is -0.663. The lowest BCUT2D eigenvalue weighted by Gasteiger charge is -2.26. The van der Waals surface area contributed by atoms with Crippen LogP contribution in [-0.2, 0) is 10.0 Å². The average Bonchev–Trinajstić information content (AvgIpc) is 2.26. The number of aromatic carboxylic acids is 1. The van der Waals surface area contributed by atoms with E-state index >= 15 is 0 Å². The third kappa shape index (κ3) is 3.71. The number of rotatable bonds is 4. The first kappa shape index (κ1) is 16.5. The highest BCUT2D eigenvalue weighted by molar-refractivity contribution is 7.89. The molecule has 0 atom stereocenters. The standard InChI is InChI=1S/C13H19NO5S/c1-13(2,3)8-14(4)20(18,19)9-5-6-11(15)10(7-9)12(16)17/h5-7,15H,8H2,1-4H3,(H,16,17). The number of nitrogens with zero attached hydrogens (tertiary/aromatic N) is 1. The van der Waals surface area contributed by atoms with E-state index in [1.54, 1.807) is 0 Å². The van der Waals surface area contributed by atoms with Crippen molar-refractivity contribution in [2.45, 2.75) is 25.7 Å². The summed E-state index contributed by atoms with van der Waals surface area (Å²) >= 11 is 0. The van der Waals surface area contributed by atoms with Gasteiger partial charge in [-0.15, -0.1) is 0 Å². The average molecular weight is 301 g/mol. The van der Waals surface area contributed by atoms with Gasteiger partial charge in [0.2, 0.25) is 10.0 Å². The molecule has 112 valence electrons. The van der Waals surface area contributed by atoms with Gasteiger partial charge in [0.05, 0.1) is 4.90 Å². The van der Waals surface area contributed by atoms with Crippen molar-refractivity contribution < 1.29 is 23.4 Å². The molecule has 0 aliphatic rings. The monoisotopic (exact) mass is 301 g/mol. The van der Waals surface area contributed by atoms with Crippen molar-refractivity contribution in [2.75, 3.05) is 13.6 Å². The normalized spacial score (nSPS) is 12.7. The molecule has 2 N–H and O–H groups in total. The largest absolute Gasteiger partial charge is 0.507 e. The summed E-state index contributed by atoms with van der Waals surface area (Å²) in [5.74, 6) is -1.84. The van der Waals surface area contributed by atoms with Crippen molar-refractivity contribution in [3.63, 3.8) is 0 Å². The summed E-state index contributed by atoms with van der Waals surface area (Å²) in [7, 11) is -2.35. The first-order valence-electron chi connectivity index (χ1n) is 5.98. The molecule has 6 nitrogen and oxygen atoms in total. The van der Waals surface area contributed by atoms with E-state index in [1.807, 2.05) is 20.8 Å². The van der Waals surface area contributed by atoms with Crippen LogP contribution < -0.4 is 0 Å². The fourth-order valence-electron chi connectivity index (χ4n) is 1.78. The van der Waals surface area contributed by atoms with Gasteiger partial charge in [0.15, 0.2) is 0 Å². The number of hydrogen-bond acceptors (Lipinski definition) is 4. The van der Waals surface area contributed by atoms with Crippen LogP contribution in [0.25, 0.3) is 0 Å². The second kappa shape index (κ2) is 5.41. The Bertz CT molecular complexity index is 616. The van der Waals surface area contributed by atoms with Crippen LogP contribution in [0.2, 0.25) is 0 Å². The van der Waals surface area contributed by atoms with Gasteiger partial charge in [0.25, 0.3) is 0 Å². The van der Waals surface area contributed by atoms with Gasteiger partial charge in [-0.3, -0.25) is 0 Å². The molecule has 0 aromatic heterocycles. The van der Waals surface area contributed by atoms with Crippen molar-refractivity contribution >= 4 is 16.0 Å². The number of benzene rings is 1. The summed E-state index contributed by atoms with van der Waals surface area (Å²) in [4.78, 5) is 10.8. The Kier molecular flexibility index (Phi) is 4.45. The Morgan fingerprint density at radius 1 is 1.30 bits per heavy atom. The van der Waals surface area contributed by atoms with Crippen LogP contribution in [0, 0.1) is 5.41 Å². The van der Waals surface area contributed by atoms with E-state index in [4.69, 9.17) is 5.11 Å². The van der Waals surface area contributed by atoms with Crippen LogP contribution >= 0.6 is 0 Å². The maximum atomic E-state index is 12.3. The van der Waals surface area contributed by atoms with Crippen LogP contribution in [0.3, 0.4) is 0 Å². The molecule has 0 aliphatic heterocycles. The van der Waals surface area contributed by atoms with E-state index in [-0.39, 0.29) is 10.3 Å². The van der Waals surface area contributed by atoms with Crippen LogP contribution in [0.5, 0.6) is 5.75 Å². The highest BCUT2D eigenvalue weighted by atomic mass is 32.2. The van der Waals surface area contributed by atoms with Gasteiger partial charge in [0, 0.05) is 13.6 Å². The summed E-state index contributed by atoms with van der Waals surface area (Å²) in [5, 5.41) is 18.3. The Morgan fingerprint density at radius 2 is 1.85 bits per heavy atom. The molecule has 0 fully saturated rings. The molecule has 1 aromatic carbocycles. The van der Waals surface area contributed by atoms with E-state index in [0.717, 1.165) is 12.1 Å². The molecular formula is C13H19NO5S. The lowest BCUT2D eigenvalue weighted by molar-refractivity contribution is 0.0693. The zero-order valence-electron chi connectivity index (χ0n) is 11.9. The Balaban J connectivity index is 3.23. The number of carboxylic acid groups (broad SMARTS) is 1.